The molecular weight excluding hydrogens is 332 g/mol. The highest BCUT2D eigenvalue weighted by Gasteiger charge is 2.16. The van der Waals surface area contributed by atoms with Crippen LogP contribution in [-0.4, -0.2) is 44.3 Å². The van der Waals surface area contributed by atoms with Crippen molar-refractivity contribution in [3.8, 4) is 0 Å². The number of nitrogens with zero attached hydrogens (tertiary/aromatic N) is 1. The van der Waals surface area contributed by atoms with E-state index >= 15 is 0 Å². The van der Waals surface area contributed by atoms with E-state index < -0.39 is 6.09 Å². The Morgan fingerprint density at radius 1 is 1.27 bits per heavy atom. The van der Waals surface area contributed by atoms with Gasteiger partial charge in [-0.15, -0.1) is 6.58 Å². The van der Waals surface area contributed by atoms with Crippen molar-refractivity contribution in [3.05, 3.63) is 48.0 Å². The van der Waals surface area contributed by atoms with Crippen LogP contribution in [0.5, 0.6) is 0 Å². The van der Waals surface area contributed by atoms with Crippen LogP contribution < -0.4 is 5.32 Å². The lowest BCUT2D eigenvalue weighted by Crippen LogP contribution is -2.30. The van der Waals surface area contributed by atoms with Crippen molar-refractivity contribution in [2.45, 2.75) is 39.2 Å². The van der Waals surface area contributed by atoms with Crippen LogP contribution in [-0.2, 0) is 20.7 Å². The minimum atomic E-state index is -0.473. The molecule has 0 spiro atoms. The Kier molecular flexibility index (Phi) is 9.44. The van der Waals surface area contributed by atoms with Crippen LogP contribution in [0.3, 0.4) is 0 Å². The molecule has 144 valence electrons. The Morgan fingerprint density at radius 2 is 1.96 bits per heavy atom. The average molecular weight is 362 g/mol. The van der Waals surface area contributed by atoms with E-state index in [-0.39, 0.29) is 12.2 Å². The third-order valence-electron chi connectivity index (χ3n) is 3.91. The Hall–Kier alpha value is -2.34. The number of ether oxygens (including phenoxy) is 2. The van der Waals surface area contributed by atoms with Crippen LogP contribution in [0.4, 0.5) is 4.79 Å². The maximum absolute atomic E-state index is 11.5. The molecule has 0 radical (unpaired) electrons. The van der Waals surface area contributed by atoms with Gasteiger partial charge in [-0.25, -0.2) is 4.79 Å². The van der Waals surface area contributed by atoms with Gasteiger partial charge in [-0.1, -0.05) is 35.5 Å². The number of nitrogens with one attached hydrogen (secondary N) is 1. The third-order valence-corrected chi connectivity index (χ3v) is 3.91. The van der Waals surface area contributed by atoms with Crippen molar-refractivity contribution in [3.63, 3.8) is 0 Å². The molecule has 1 amide bonds. The normalized spacial score (nSPS) is 11.8. The highest BCUT2D eigenvalue weighted by Crippen LogP contribution is 2.12. The SMILES string of the molecule is C=CCc1ccc(/C(C)=N/OCCNC(=O)OCCC(C)(C)OC)cc1. The van der Waals surface area contributed by atoms with Gasteiger partial charge >= 0.3 is 6.09 Å². The zero-order valence-corrected chi connectivity index (χ0v) is 16.2. The average Bonchev–Trinajstić information content (AvgIpc) is 2.62. The van der Waals surface area contributed by atoms with Gasteiger partial charge in [0.25, 0.3) is 0 Å². The molecule has 0 atom stereocenters. The van der Waals surface area contributed by atoms with Crippen LogP contribution in [0.2, 0.25) is 0 Å². The van der Waals surface area contributed by atoms with E-state index in [0.717, 1.165) is 17.7 Å². The largest absolute Gasteiger partial charge is 0.449 e. The molecular formula is C20H30N2O4. The molecule has 0 aliphatic rings. The van der Waals surface area contributed by atoms with Gasteiger partial charge in [-0.2, -0.15) is 0 Å². The first kappa shape index (κ1) is 21.7. The zero-order chi connectivity index (χ0) is 19.4. The number of rotatable bonds is 11. The Labute approximate surface area is 156 Å². The highest BCUT2D eigenvalue weighted by molar-refractivity contribution is 5.98. The lowest BCUT2D eigenvalue weighted by molar-refractivity contribution is 0.0000376. The Morgan fingerprint density at radius 3 is 2.58 bits per heavy atom. The summed E-state index contributed by atoms with van der Waals surface area (Å²) in [5, 5.41) is 6.68. The number of methoxy groups -OCH3 is 1. The summed E-state index contributed by atoms with van der Waals surface area (Å²) in [5.74, 6) is 0. The number of amides is 1. The van der Waals surface area contributed by atoms with Gasteiger partial charge in [-0.3, -0.25) is 0 Å². The fourth-order valence-corrected chi connectivity index (χ4v) is 1.99. The smallest absolute Gasteiger partial charge is 0.407 e. The maximum Gasteiger partial charge on any atom is 0.407 e. The van der Waals surface area contributed by atoms with E-state index in [2.05, 4.69) is 17.1 Å². The molecule has 0 heterocycles. The van der Waals surface area contributed by atoms with Crippen LogP contribution in [0, 0.1) is 0 Å². The van der Waals surface area contributed by atoms with Crippen LogP contribution in [0.1, 0.15) is 38.3 Å². The molecule has 0 unspecified atom stereocenters. The number of hydrogen-bond donors (Lipinski definition) is 1. The molecule has 1 aromatic carbocycles. The highest BCUT2D eigenvalue weighted by atomic mass is 16.6. The molecule has 0 saturated carbocycles. The maximum atomic E-state index is 11.5. The molecule has 0 bridgehead atoms. The second kappa shape index (κ2) is 11.3. The number of alkyl carbamates (subject to hydrolysis) is 1. The molecule has 1 aromatic rings. The van der Waals surface area contributed by atoms with E-state index in [1.54, 1.807) is 7.11 Å². The predicted octanol–water partition coefficient (Wildman–Crippen LogP) is 3.70. The van der Waals surface area contributed by atoms with Crippen molar-refractivity contribution in [2.24, 2.45) is 5.16 Å². The van der Waals surface area contributed by atoms with E-state index in [1.165, 1.54) is 5.56 Å². The van der Waals surface area contributed by atoms with Crippen molar-refractivity contribution in [2.75, 3.05) is 26.9 Å². The van der Waals surface area contributed by atoms with Crippen molar-refractivity contribution in [1.82, 2.24) is 5.32 Å². The molecule has 1 rings (SSSR count). The summed E-state index contributed by atoms with van der Waals surface area (Å²) in [7, 11) is 1.63. The summed E-state index contributed by atoms with van der Waals surface area (Å²) >= 11 is 0. The van der Waals surface area contributed by atoms with Crippen molar-refractivity contribution >= 4 is 11.8 Å². The van der Waals surface area contributed by atoms with Crippen molar-refractivity contribution < 1.29 is 19.1 Å². The molecule has 26 heavy (non-hydrogen) atoms. The zero-order valence-electron chi connectivity index (χ0n) is 16.2. The van der Waals surface area contributed by atoms with E-state index in [1.807, 2.05) is 51.1 Å². The fraction of sp³-hybridized carbons (Fsp3) is 0.500. The van der Waals surface area contributed by atoms with Gasteiger partial charge in [0, 0.05) is 13.5 Å². The number of hydrogen-bond acceptors (Lipinski definition) is 5. The van der Waals surface area contributed by atoms with Crippen LogP contribution >= 0.6 is 0 Å². The minimum absolute atomic E-state index is 0.268. The number of allylic oxidation sites excluding steroid dienone is 1. The van der Waals surface area contributed by atoms with Crippen LogP contribution in [0.25, 0.3) is 0 Å². The quantitative estimate of drug-likeness (QED) is 0.282. The number of benzene rings is 1. The van der Waals surface area contributed by atoms with E-state index in [9.17, 15) is 4.79 Å². The molecule has 1 N–H and O–H groups in total. The lowest BCUT2D eigenvalue weighted by atomic mass is 10.1. The summed E-state index contributed by atoms with van der Waals surface area (Å²) in [6.07, 6.45) is 2.87. The second-order valence-corrected chi connectivity index (χ2v) is 6.48. The molecule has 0 saturated heterocycles. The molecule has 0 aliphatic carbocycles. The van der Waals surface area contributed by atoms with Gasteiger partial charge < -0.3 is 19.6 Å². The van der Waals surface area contributed by atoms with Gasteiger partial charge in [0.05, 0.1) is 24.5 Å². The topological polar surface area (TPSA) is 69.2 Å². The minimum Gasteiger partial charge on any atom is -0.449 e. The van der Waals surface area contributed by atoms with E-state index in [4.69, 9.17) is 14.3 Å². The number of oxime groups is 1. The Bertz CT molecular complexity index is 594. The predicted molar refractivity (Wildman–Crippen MR) is 104 cm³/mol. The Balaban J connectivity index is 2.23. The molecule has 6 heteroatoms. The molecule has 6 nitrogen and oxygen atoms in total. The fourth-order valence-electron chi connectivity index (χ4n) is 1.99. The summed E-state index contributed by atoms with van der Waals surface area (Å²) in [4.78, 5) is 16.8. The van der Waals surface area contributed by atoms with Gasteiger partial charge in [-0.05, 0) is 38.3 Å². The first-order valence-electron chi connectivity index (χ1n) is 8.70. The van der Waals surface area contributed by atoms with Crippen LogP contribution in [0.15, 0.2) is 42.1 Å². The van der Waals surface area contributed by atoms with Gasteiger partial charge in [0.1, 0.15) is 6.61 Å². The molecule has 0 aromatic heterocycles. The summed E-state index contributed by atoms with van der Waals surface area (Å²) in [5.41, 5.74) is 2.67. The molecule has 0 aliphatic heterocycles. The van der Waals surface area contributed by atoms with Crippen molar-refractivity contribution in [1.29, 1.82) is 0 Å². The van der Waals surface area contributed by atoms with Gasteiger partial charge in [0.15, 0.2) is 0 Å². The van der Waals surface area contributed by atoms with E-state index in [0.29, 0.717) is 19.6 Å². The first-order valence-corrected chi connectivity index (χ1v) is 8.70. The monoisotopic (exact) mass is 362 g/mol. The number of carbonyl (C=O) groups excluding carboxylic acids is 1. The second-order valence-electron chi connectivity index (χ2n) is 6.48. The standard InChI is InChI=1S/C20H30N2O4/c1-6-7-17-8-10-18(11-9-17)16(2)22-26-15-13-21-19(23)25-14-12-20(3,4)24-5/h6,8-11H,1,7,12-15H2,2-5H3,(H,21,23)/b22-16+. The summed E-state index contributed by atoms with van der Waals surface area (Å²) in [6, 6.07) is 8.08. The summed E-state index contributed by atoms with van der Waals surface area (Å²) < 4.78 is 10.3. The first-order chi connectivity index (χ1) is 12.4. The lowest BCUT2D eigenvalue weighted by Gasteiger charge is -2.22. The van der Waals surface area contributed by atoms with Gasteiger partial charge in [0.2, 0.25) is 0 Å². The number of carbonyl (C=O) groups is 1. The third kappa shape index (κ3) is 8.67. The summed E-state index contributed by atoms with van der Waals surface area (Å²) in [6.45, 7) is 10.4. The molecule has 0 fully saturated rings.